The lowest BCUT2D eigenvalue weighted by atomic mass is 10.0. The van der Waals surface area contributed by atoms with Crippen molar-refractivity contribution < 1.29 is 14.4 Å². The predicted octanol–water partition coefficient (Wildman–Crippen LogP) is 4.67. The second kappa shape index (κ2) is 9.79. The minimum absolute atomic E-state index is 0.0638. The Hall–Kier alpha value is -3.12. The number of hydrogen-bond acceptors (Lipinski definition) is 3. The largest absolute Gasteiger partial charge is 0.334 e. The summed E-state index contributed by atoms with van der Waals surface area (Å²) in [7, 11) is 0. The van der Waals surface area contributed by atoms with E-state index in [2.05, 4.69) is 17.2 Å². The molecule has 3 amide bonds. The van der Waals surface area contributed by atoms with Crippen LogP contribution in [0.15, 0.2) is 48.6 Å². The maximum atomic E-state index is 13.1. The molecule has 2 aromatic carbocycles. The molecule has 0 bridgehead atoms. The number of rotatable bonds is 5. The summed E-state index contributed by atoms with van der Waals surface area (Å²) in [5, 5.41) is 6.36. The van der Waals surface area contributed by atoms with Crippen LogP contribution in [0.5, 0.6) is 0 Å². The molecule has 1 fully saturated rings. The van der Waals surface area contributed by atoms with E-state index in [-0.39, 0.29) is 17.7 Å². The van der Waals surface area contributed by atoms with Crippen LogP contribution < -0.4 is 10.6 Å². The van der Waals surface area contributed by atoms with Crippen molar-refractivity contribution in [2.45, 2.75) is 58.3 Å². The van der Waals surface area contributed by atoms with Crippen molar-refractivity contribution in [1.29, 1.82) is 0 Å². The number of urea groups is 1. The number of ketones is 1. The molecule has 0 saturated heterocycles. The van der Waals surface area contributed by atoms with Crippen molar-refractivity contribution in [2.75, 3.05) is 0 Å². The van der Waals surface area contributed by atoms with Crippen LogP contribution in [0.4, 0.5) is 4.79 Å². The van der Waals surface area contributed by atoms with Crippen LogP contribution in [0.3, 0.4) is 0 Å². The molecule has 4 rings (SSSR count). The van der Waals surface area contributed by atoms with Gasteiger partial charge in [0.05, 0.1) is 6.04 Å². The van der Waals surface area contributed by atoms with E-state index in [9.17, 15) is 14.4 Å². The second-order valence-electron chi connectivity index (χ2n) is 8.80. The number of halogens is 1. The first-order valence-corrected chi connectivity index (χ1v) is 11.6. The highest BCUT2D eigenvalue weighted by molar-refractivity contribution is 6.31. The number of carbonyl (C=O) groups is 3. The summed E-state index contributed by atoms with van der Waals surface area (Å²) < 4.78 is 0. The van der Waals surface area contributed by atoms with E-state index in [1.165, 1.54) is 0 Å². The molecule has 1 aliphatic heterocycles. The number of allylic oxidation sites excluding steroid dienone is 1. The number of amides is 3. The van der Waals surface area contributed by atoms with Crippen LogP contribution in [-0.4, -0.2) is 28.7 Å². The maximum absolute atomic E-state index is 13.1. The van der Waals surface area contributed by atoms with Gasteiger partial charge >= 0.3 is 6.03 Å². The summed E-state index contributed by atoms with van der Waals surface area (Å²) in [6.07, 6.45) is 2.69. The van der Waals surface area contributed by atoms with Gasteiger partial charge in [0.25, 0.3) is 5.91 Å². The van der Waals surface area contributed by atoms with E-state index in [0.29, 0.717) is 43.1 Å². The fourth-order valence-electron chi connectivity index (χ4n) is 4.49. The van der Waals surface area contributed by atoms with Gasteiger partial charge < -0.3 is 15.5 Å². The van der Waals surface area contributed by atoms with Crippen LogP contribution >= 0.6 is 11.6 Å². The Morgan fingerprint density at radius 2 is 1.97 bits per heavy atom. The smallest absolute Gasteiger partial charge is 0.315 e. The topological polar surface area (TPSA) is 78.5 Å². The lowest BCUT2D eigenvalue weighted by Crippen LogP contribution is -2.40. The SMILES string of the molecule is C=C1CCCC(N2Cc3c(CNC(=O)NCc4ccc(C)c(Cl)c4)cccc3C2=O)C(=O)C1. The Morgan fingerprint density at radius 1 is 1.18 bits per heavy atom. The number of hydrogen-bond donors (Lipinski definition) is 2. The third kappa shape index (κ3) is 5.11. The molecule has 7 heteroatoms. The Balaban J connectivity index is 1.39. The Bertz CT molecular complexity index is 1130. The van der Waals surface area contributed by atoms with E-state index >= 15 is 0 Å². The van der Waals surface area contributed by atoms with Gasteiger partial charge in [-0.1, -0.05) is 48.0 Å². The number of aryl methyl sites for hydroxylation is 1. The second-order valence-corrected chi connectivity index (χ2v) is 9.20. The molecule has 1 heterocycles. The first-order valence-electron chi connectivity index (χ1n) is 11.2. The number of benzene rings is 2. The lowest BCUT2D eigenvalue weighted by molar-refractivity contribution is -0.122. The summed E-state index contributed by atoms with van der Waals surface area (Å²) >= 11 is 6.14. The molecule has 1 atom stereocenters. The van der Waals surface area contributed by atoms with E-state index in [1.54, 1.807) is 11.0 Å². The highest BCUT2D eigenvalue weighted by Crippen LogP contribution is 2.31. The lowest BCUT2D eigenvalue weighted by Gasteiger charge is -2.25. The normalized spacial score (nSPS) is 18.2. The molecule has 1 aliphatic carbocycles. The number of fused-ring (bicyclic) bond motifs is 1. The molecular formula is C26H28ClN3O3. The zero-order valence-electron chi connectivity index (χ0n) is 18.7. The van der Waals surface area contributed by atoms with Gasteiger partial charge in [-0.25, -0.2) is 4.79 Å². The number of carbonyl (C=O) groups excluding carboxylic acids is 3. The third-order valence-corrected chi connectivity index (χ3v) is 6.81. The van der Waals surface area contributed by atoms with Crippen molar-refractivity contribution in [1.82, 2.24) is 15.5 Å². The van der Waals surface area contributed by atoms with Crippen LogP contribution in [0.1, 0.15) is 58.3 Å². The first-order chi connectivity index (χ1) is 15.8. The molecule has 0 radical (unpaired) electrons. The summed E-state index contributed by atoms with van der Waals surface area (Å²) in [6.45, 7) is 6.93. The summed E-state index contributed by atoms with van der Waals surface area (Å²) in [6, 6.07) is 10.5. The number of nitrogens with one attached hydrogen (secondary N) is 2. The third-order valence-electron chi connectivity index (χ3n) is 6.40. The predicted molar refractivity (Wildman–Crippen MR) is 128 cm³/mol. The molecule has 33 heavy (non-hydrogen) atoms. The molecule has 2 aromatic rings. The van der Waals surface area contributed by atoms with E-state index in [4.69, 9.17) is 11.6 Å². The summed E-state index contributed by atoms with van der Waals surface area (Å²) in [5.74, 6) is -0.0488. The number of nitrogens with zero attached hydrogens (tertiary/aromatic N) is 1. The molecule has 6 nitrogen and oxygen atoms in total. The average Bonchev–Trinajstić information content (AvgIpc) is 3.02. The minimum atomic E-state index is -0.408. The number of Topliss-reactive ketones (excluding diaryl/α,β-unsaturated/α-hetero) is 1. The summed E-state index contributed by atoms with van der Waals surface area (Å²) in [5.41, 5.74) is 5.21. The molecule has 1 unspecified atom stereocenters. The van der Waals surface area contributed by atoms with E-state index in [1.807, 2.05) is 37.3 Å². The highest BCUT2D eigenvalue weighted by atomic mass is 35.5. The molecular weight excluding hydrogens is 438 g/mol. The fourth-order valence-corrected chi connectivity index (χ4v) is 4.69. The average molecular weight is 466 g/mol. The van der Waals surface area contributed by atoms with Crippen LogP contribution in [-0.2, 0) is 24.4 Å². The molecule has 2 aliphatic rings. The van der Waals surface area contributed by atoms with Gasteiger partial charge in [-0.3, -0.25) is 9.59 Å². The van der Waals surface area contributed by atoms with Crippen LogP contribution in [0, 0.1) is 6.92 Å². The molecule has 2 N–H and O–H groups in total. The maximum Gasteiger partial charge on any atom is 0.315 e. The quantitative estimate of drug-likeness (QED) is 0.497. The zero-order valence-corrected chi connectivity index (χ0v) is 19.5. The standard InChI is InChI=1S/C26H28ClN3O3/c1-16-5-3-8-23(24(31)11-16)30-15-21-19(6-4-7-20(21)25(30)32)14-29-26(33)28-13-18-10-9-17(2)22(27)12-18/h4,6-7,9-10,12,23H,1,3,5,8,11,13-15H2,2H3,(H2,28,29,33). The van der Waals surface area contributed by atoms with Gasteiger partial charge in [0.2, 0.25) is 0 Å². The summed E-state index contributed by atoms with van der Waals surface area (Å²) in [4.78, 5) is 39.8. The monoisotopic (exact) mass is 465 g/mol. The highest BCUT2D eigenvalue weighted by Gasteiger charge is 2.37. The zero-order chi connectivity index (χ0) is 23.5. The van der Waals surface area contributed by atoms with E-state index < -0.39 is 6.04 Å². The Morgan fingerprint density at radius 3 is 2.76 bits per heavy atom. The molecule has 172 valence electrons. The van der Waals surface area contributed by atoms with Gasteiger partial charge in [-0.15, -0.1) is 0 Å². The van der Waals surface area contributed by atoms with Gasteiger partial charge in [0.15, 0.2) is 5.78 Å². The van der Waals surface area contributed by atoms with Crippen molar-refractivity contribution in [3.8, 4) is 0 Å². The minimum Gasteiger partial charge on any atom is -0.334 e. The van der Waals surface area contributed by atoms with Crippen molar-refractivity contribution in [3.05, 3.63) is 81.4 Å². The van der Waals surface area contributed by atoms with Gasteiger partial charge in [0.1, 0.15) is 0 Å². The van der Waals surface area contributed by atoms with Crippen LogP contribution in [0.25, 0.3) is 0 Å². The Labute approximate surface area is 199 Å². The molecule has 1 saturated carbocycles. The van der Waals surface area contributed by atoms with Gasteiger partial charge in [-0.2, -0.15) is 0 Å². The van der Waals surface area contributed by atoms with Crippen molar-refractivity contribution >= 4 is 29.3 Å². The van der Waals surface area contributed by atoms with E-state index in [0.717, 1.165) is 40.7 Å². The molecule has 0 aromatic heterocycles. The van der Waals surface area contributed by atoms with Crippen molar-refractivity contribution in [2.24, 2.45) is 0 Å². The molecule has 0 spiro atoms. The van der Waals surface area contributed by atoms with Gasteiger partial charge in [0, 0.05) is 36.6 Å². The Kier molecular flexibility index (Phi) is 6.84. The van der Waals surface area contributed by atoms with Crippen LogP contribution in [0.2, 0.25) is 5.02 Å². The van der Waals surface area contributed by atoms with Crippen molar-refractivity contribution in [3.63, 3.8) is 0 Å². The first kappa shape index (κ1) is 23.1. The fraction of sp³-hybridized carbons (Fsp3) is 0.346. The van der Waals surface area contributed by atoms with Gasteiger partial charge in [-0.05, 0) is 60.6 Å².